The van der Waals surface area contributed by atoms with E-state index in [0.29, 0.717) is 11.5 Å². The molecule has 3 nitrogen and oxygen atoms in total. The van der Waals surface area contributed by atoms with Crippen LogP contribution in [0, 0.1) is 0 Å². The van der Waals surface area contributed by atoms with Gasteiger partial charge in [-0.3, -0.25) is 0 Å². The molecule has 0 atom stereocenters. The summed E-state index contributed by atoms with van der Waals surface area (Å²) in [5.74, 6) is 1.19. The van der Waals surface area contributed by atoms with E-state index in [1.165, 1.54) is 0 Å². The maximum Gasteiger partial charge on any atom is 0.182 e. The van der Waals surface area contributed by atoms with Gasteiger partial charge >= 0.3 is 0 Å². The van der Waals surface area contributed by atoms with Crippen LogP contribution in [0.3, 0.4) is 0 Å². The van der Waals surface area contributed by atoms with E-state index in [9.17, 15) is 8.42 Å². The van der Waals surface area contributed by atoms with Crippen LogP contribution in [-0.2, 0) is 9.84 Å². The first-order valence-corrected chi connectivity index (χ1v) is 5.53. The molecular weight excluding hydrogens is 188 g/mol. The molecular formula is C9H8O3S. The predicted octanol–water partition coefficient (Wildman–Crippen LogP) is 1.34. The smallest absolute Gasteiger partial charge is 0.182 e. The van der Waals surface area contributed by atoms with Crippen molar-refractivity contribution < 1.29 is 13.2 Å². The van der Waals surface area contributed by atoms with Gasteiger partial charge in [-0.1, -0.05) is 18.2 Å². The van der Waals surface area contributed by atoms with Crippen molar-refractivity contribution in [2.45, 2.75) is 0 Å². The predicted molar refractivity (Wildman–Crippen MR) is 48.9 cm³/mol. The Bertz CT molecular complexity index is 431. The van der Waals surface area contributed by atoms with Crippen LogP contribution in [0.5, 0.6) is 5.75 Å². The monoisotopic (exact) mass is 196 g/mol. The van der Waals surface area contributed by atoms with Crippen LogP contribution in [0.25, 0.3) is 0 Å². The summed E-state index contributed by atoms with van der Waals surface area (Å²) in [5, 5.41) is 1.15. The van der Waals surface area contributed by atoms with Crippen LogP contribution in [0.1, 0.15) is 0 Å². The zero-order valence-corrected chi connectivity index (χ0v) is 7.62. The maximum absolute atomic E-state index is 10.7. The van der Waals surface area contributed by atoms with Crippen LogP contribution >= 0.6 is 0 Å². The third-order valence-electron chi connectivity index (χ3n) is 1.65. The van der Waals surface area contributed by atoms with Crippen molar-refractivity contribution in [1.82, 2.24) is 0 Å². The van der Waals surface area contributed by atoms with Crippen LogP contribution in [0.4, 0.5) is 0 Å². The molecule has 0 N–H and O–H groups in total. The molecule has 1 heterocycles. The lowest BCUT2D eigenvalue weighted by molar-refractivity contribution is 0.421. The van der Waals surface area contributed by atoms with Gasteiger partial charge in [-0.2, -0.15) is 0 Å². The van der Waals surface area contributed by atoms with Crippen molar-refractivity contribution in [3.05, 3.63) is 41.5 Å². The van der Waals surface area contributed by atoms with Gasteiger partial charge in [0.25, 0.3) is 0 Å². The Hall–Kier alpha value is -1.29. The molecule has 0 amide bonds. The van der Waals surface area contributed by atoms with Gasteiger partial charge in [-0.15, -0.1) is 0 Å². The Morgan fingerprint density at radius 1 is 1.15 bits per heavy atom. The molecule has 0 bridgehead atoms. The number of hydrogen-bond acceptors (Lipinski definition) is 3. The summed E-state index contributed by atoms with van der Waals surface area (Å²) in [7, 11) is -2.94. The van der Waals surface area contributed by atoms with Gasteiger partial charge in [0, 0.05) is 0 Å². The summed E-state index contributed by atoms with van der Waals surface area (Å²) in [4.78, 5) is 0. The molecule has 0 fully saturated rings. The Morgan fingerprint density at radius 3 is 2.31 bits per heavy atom. The number of para-hydroxylation sites is 1. The largest absolute Gasteiger partial charge is 0.460 e. The minimum atomic E-state index is -2.94. The number of ether oxygens (including phenoxy) is 1. The quantitative estimate of drug-likeness (QED) is 0.716. The van der Waals surface area contributed by atoms with Gasteiger partial charge in [0.15, 0.2) is 9.84 Å². The fourth-order valence-electron chi connectivity index (χ4n) is 1.07. The summed E-state index contributed by atoms with van der Waals surface area (Å²) < 4.78 is 26.7. The van der Waals surface area contributed by atoms with Gasteiger partial charge in [0.05, 0.1) is 5.41 Å². The fraction of sp³-hybridized carbons (Fsp3) is 0.111. The van der Waals surface area contributed by atoms with Crippen molar-refractivity contribution in [2.24, 2.45) is 0 Å². The number of sulfone groups is 1. The zero-order valence-electron chi connectivity index (χ0n) is 6.80. The second kappa shape index (κ2) is 2.88. The molecule has 0 spiro atoms. The molecule has 0 aromatic heterocycles. The average Bonchev–Trinajstić information content (AvgIpc) is 2.03. The first kappa shape index (κ1) is 8.31. The highest BCUT2D eigenvalue weighted by atomic mass is 32.2. The van der Waals surface area contributed by atoms with Crippen molar-refractivity contribution in [1.29, 1.82) is 0 Å². The molecule has 0 saturated heterocycles. The summed E-state index contributed by atoms with van der Waals surface area (Å²) >= 11 is 0. The van der Waals surface area contributed by atoms with Gasteiger partial charge in [-0.25, -0.2) is 8.42 Å². The lowest BCUT2D eigenvalue weighted by Crippen LogP contribution is -2.20. The highest BCUT2D eigenvalue weighted by molar-refractivity contribution is 7.95. The van der Waals surface area contributed by atoms with E-state index in [-0.39, 0.29) is 5.75 Å². The van der Waals surface area contributed by atoms with E-state index < -0.39 is 9.84 Å². The van der Waals surface area contributed by atoms with Gasteiger partial charge in [0.2, 0.25) is 0 Å². The Kier molecular flexibility index (Phi) is 1.84. The van der Waals surface area contributed by atoms with Crippen molar-refractivity contribution >= 4 is 9.84 Å². The van der Waals surface area contributed by atoms with Crippen LogP contribution in [0.2, 0.25) is 0 Å². The molecule has 4 heteroatoms. The summed E-state index contributed by atoms with van der Waals surface area (Å²) in [6.45, 7) is 0. The topological polar surface area (TPSA) is 43.4 Å². The van der Waals surface area contributed by atoms with Gasteiger partial charge in [0.1, 0.15) is 17.3 Å². The molecule has 1 aliphatic heterocycles. The van der Waals surface area contributed by atoms with E-state index in [0.717, 1.165) is 5.41 Å². The Morgan fingerprint density at radius 2 is 1.77 bits per heavy atom. The van der Waals surface area contributed by atoms with Gasteiger partial charge < -0.3 is 4.74 Å². The number of hydrogen-bond donors (Lipinski definition) is 0. The minimum Gasteiger partial charge on any atom is -0.460 e. The fourth-order valence-corrected chi connectivity index (χ4v) is 1.93. The van der Waals surface area contributed by atoms with E-state index in [1.807, 2.05) is 18.2 Å². The highest BCUT2D eigenvalue weighted by Gasteiger charge is 2.24. The van der Waals surface area contributed by atoms with E-state index in [4.69, 9.17) is 4.74 Å². The van der Waals surface area contributed by atoms with E-state index in [2.05, 4.69) is 0 Å². The third-order valence-corrected chi connectivity index (χ3v) is 2.96. The van der Waals surface area contributed by atoms with Crippen molar-refractivity contribution in [2.75, 3.05) is 5.75 Å². The first-order chi connectivity index (χ1) is 6.16. The molecule has 0 unspecified atom stereocenters. The van der Waals surface area contributed by atoms with E-state index >= 15 is 0 Å². The molecule has 0 saturated carbocycles. The standard InChI is InChI=1S/C9H8O3S/c10-13(11)6-9(7-13)12-8-4-2-1-3-5-8/h1-6H,7H2. The van der Waals surface area contributed by atoms with Crippen LogP contribution < -0.4 is 4.74 Å². The second-order valence-electron chi connectivity index (χ2n) is 2.81. The summed E-state index contributed by atoms with van der Waals surface area (Å²) in [5.41, 5.74) is 0. The van der Waals surface area contributed by atoms with Crippen LogP contribution in [-0.4, -0.2) is 14.2 Å². The molecule has 0 radical (unpaired) electrons. The van der Waals surface area contributed by atoms with Crippen molar-refractivity contribution in [3.8, 4) is 5.75 Å². The second-order valence-corrected chi connectivity index (χ2v) is 4.66. The van der Waals surface area contributed by atoms with Crippen molar-refractivity contribution in [3.63, 3.8) is 0 Å². The summed E-state index contributed by atoms with van der Waals surface area (Å²) in [6.07, 6.45) is 0. The first-order valence-electron chi connectivity index (χ1n) is 3.82. The lowest BCUT2D eigenvalue weighted by atomic mass is 10.3. The molecule has 68 valence electrons. The normalized spacial score (nSPS) is 18.6. The molecule has 1 aromatic carbocycles. The molecule has 2 rings (SSSR count). The molecule has 1 aromatic rings. The lowest BCUT2D eigenvalue weighted by Gasteiger charge is -2.15. The highest BCUT2D eigenvalue weighted by Crippen LogP contribution is 2.20. The molecule has 1 aliphatic rings. The number of rotatable bonds is 2. The SMILES string of the molecule is O=S1(=O)C=C(Oc2ccccc2)C1. The molecule has 13 heavy (non-hydrogen) atoms. The van der Waals surface area contributed by atoms with Gasteiger partial charge in [-0.05, 0) is 12.1 Å². The average molecular weight is 196 g/mol. The maximum atomic E-state index is 10.7. The van der Waals surface area contributed by atoms with E-state index in [1.54, 1.807) is 12.1 Å². The molecule has 0 aliphatic carbocycles. The third kappa shape index (κ3) is 1.89. The number of benzene rings is 1. The van der Waals surface area contributed by atoms with Crippen LogP contribution in [0.15, 0.2) is 41.5 Å². The zero-order chi connectivity index (χ0) is 9.31. The minimum absolute atomic E-state index is 0.0158. The summed E-state index contributed by atoms with van der Waals surface area (Å²) in [6, 6.07) is 9.11. The Balaban J connectivity index is 2.11. The Labute approximate surface area is 76.6 Å².